The van der Waals surface area contributed by atoms with Crippen LogP contribution in [-0.2, 0) is 4.79 Å². The number of amides is 1. The third kappa shape index (κ3) is 3.87. The Balaban J connectivity index is 1.35. The van der Waals surface area contributed by atoms with Crippen molar-refractivity contribution in [3.05, 3.63) is 89.3 Å². The lowest BCUT2D eigenvalue weighted by Crippen LogP contribution is -2.17. The van der Waals surface area contributed by atoms with Crippen LogP contribution in [0.2, 0.25) is 0 Å². The molecule has 2 aliphatic rings. The first kappa shape index (κ1) is 20.6. The van der Waals surface area contributed by atoms with E-state index in [0.29, 0.717) is 29.1 Å². The molecule has 0 bridgehead atoms. The molecule has 2 heterocycles. The SMILES string of the molecule is COc1ccc(C2=C3C(=O)c4c(NC(=O)CCNc5ccncc5)cccc4C3N=N2)cc1. The molecule has 164 valence electrons. The summed E-state index contributed by atoms with van der Waals surface area (Å²) in [5.74, 6) is 0.387. The molecule has 0 fully saturated rings. The van der Waals surface area contributed by atoms with Crippen LogP contribution in [0.1, 0.15) is 33.9 Å². The molecule has 8 nitrogen and oxygen atoms in total. The molecule has 3 aromatic rings. The van der Waals surface area contributed by atoms with E-state index in [1.807, 2.05) is 48.5 Å². The first-order valence-corrected chi connectivity index (χ1v) is 10.6. The van der Waals surface area contributed by atoms with E-state index in [-0.39, 0.29) is 18.1 Å². The molecule has 1 aromatic heterocycles. The lowest BCUT2D eigenvalue weighted by atomic mass is 10.0. The number of carbonyl (C=O) groups excluding carboxylic acids is 2. The van der Waals surface area contributed by atoms with E-state index >= 15 is 0 Å². The highest BCUT2D eigenvalue weighted by Crippen LogP contribution is 2.49. The maximum Gasteiger partial charge on any atom is 0.226 e. The van der Waals surface area contributed by atoms with Crippen LogP contribution >= 0.6 is 0 Å². The van der Waals surface area contributed by atoms with E-state index in [0.717, 1.165) is 22.6 Å². The van der Waals surface area contributed by atoms with Crippen molar-refractivity contribution in [2.24, 2.45) is 10.2 Å². The van der Waals surface area contributed by atoms with Crippen LogP contribution in [0.15, 0.2) is 82.8 Å². The highest BCUT2D eigenvalue weighted by molar-refractivity contribution is 6.22. The van der Waals surface area contributed by atoms with Crippen molar-refractivity contribution in [2.45, 2.75) is 12.5 Å². The largest absolute Gasteiger partial charge is 0.497 e. The summed E-state index contributed by atoms with van der Waals surface area (Å²) in [6.45, 7) is 0.461. The normalized spacial score (nSPS) is 15.9. The first-order valence-electron chi connectivity index (χ1n) is 10.6. The molecule has 1 aliphatic carbocycles. The van der Waals surface area contributed by atoms with E-state index in [1.54, 1.807) is 25.6 Å². The van der Waals surface area contributed by atoms with Gasteiger partial charge in [-0.3, -0.25) is 14.6 Å². The number of Topliss-reactive ketones (excluding diaryl/α,β-unsaturated/α-hetero) is 1. The Labute approximate surface area is 190 Å². The lowest BCUT2D eigenvalue weighted by Gasteiger charge is -2.11. The number of pyridine rings is 1. The number of methoxy groups -OCH3 is 1. The highest BCUT2D eigenvalue weighted by atomic mass is 16.5. The average molecular weight is 439 g/mol. The maximum atomic E-state index is 13.4. The number of anilines is 2. The quantitative estimate of drug-likeness (QED) is 0.558. The van der Waals surface area contributed by atoms with Crippen LogP contribution in [-0.4, -0.2) is 30.3 Å². The van der Waals surface area contributed by atoms with Crippen molar-refractivity contribution in [2.75, 3.05) is 24.3 Å². The molecule has 2 aromatic carbocycles. The number of carbonyl (C=O) groups is 2. The van der Waals surface area contributed by atoms with Gasteiger partial charge in [0.05, 0.1) is 23.9 Å². The summed E-state index contributed by atoms with van der Waals surface area (Å²) in [6.07, 6.45) is 3.62. The fourth-order valence-electron chi connectivity index (χ4n) is 4.06. The molecule has 1 unspecified atom stereocenters. The Morgan fingerprint density at radius 1 is 1.06 bits per heavy atom. The number of ketones is 1. The van der Waals surface area contributed by atoms with Crippen molar-refractivity contribution >= 4 is 28.8 Å². The summed E-state index contributed by atoms with van der Waals surface area (Å²) >= 11 is 0. The van der Waals surface area contributed by atoms with E-state index in [4.69, 9.17) is 4.74 Å². The molecule has 1 atom stereocenters. The second-order valence-corrected chi connectivity index (χ2v) is 7.67. The molecular weight excluding hydrogens is 418 g/mol. The maximum absolute atomic E-state index is 13.4. The van der Waals surface area contributed by atoms with Crippen LogP contribution < -0.4 is 15.4 Å². The summed E-state index contributed by atoms with van der Waals surface area (Å²) in [7, 11) is 1.60. The van der Waals surface area contributed by atoms with E-state index in [1.165, 1.54) is 0 Å². The highest BCUT2D eigenvalue weighted by Gasteiger charge is 2.42. The Hall–Kier alpha value is -4.33. The second kappa shape index (κ2) is 8.66. The van der Waals surface area contributed by atoms with Gasteiger partial charge in [-0.05, 0) is 48.0 Å². The van der Waals surface area contributed by atoms with Gasteiger partial charge in [0, 0.05) is 36.6 Å². The van der Waals surface area contributed by atoms with E-state index in [2.05, 4.69) is 25.8 Å². The molecule has 5 rings (SSSR count). The third-order valence-electron chi connectivity index (χ3n) is 5.66. The van der Waals surface area contributed by atoms with Gasteiger partial charge in [0.15, 0.2) is 5.78 Å². The molecule has 8 heteroatoms. The zero-order valence-corrected chi connectivity index (χ0v) is 17.9. The Kier molecular flexibility index (Phi) is 5.40. The Bertz CT molecular complexity index is 1280. The monoisotopic (exact) mass is 439 g/mol. The van der Waals surface area contributed by atoms with Gasteiger partial charge in [-0.1, -0.05) is 12.1 Å². The van der Waals surface area contributed by atoms with Gasteiger partial charge in [0.2, 0.25) is 5.91 Å². The molecule has 0 saturated carbocycles. The minimum absolute atomic E-state index is 0.156. The number of nitrogens with zero attached hydrogens (tertiary/aromatic N) is 3. The molecule has 0 saturated heterocycles. The molecule has 0 radical (unpaired) electrons. The van der Waals surface area contributed by atoms with Gasteiger partial charge < -0.3 is 15.4 Å². The molecule has 1 amide bonds. The van der Waals surface area contributed by atoms with Crippen LogP contribution in [0.5, 0.6) is 5.75 Å². The van der Waals surface area contributed by atoms with Crippen molar-refractivity contribution < 1.29 is 14.3 Å². The van der Waals surface area contributed by atoms with Crippen molar-refractivity contribution in [1.82, 2.24) is 4.98 Å². The van der Waals surface area contributed by atoms with Crippen LogP contribution in [0.25, 0.3) is 5.70 Å². The first-order chi connectivity index (χ1) is 16.2. The topological polar surface area (TPSA) is 105 Å². The molecule has 0 spiro atoms. The smallest absolute Gasteiger partial charge is 0.226 e. The van der Waals surface area contributed by atoms with Gasteiger partial charge in [0.25, 0.3) is 0 Å². The fraction of sp³-hybridized carbons (Fsp3) is 0.160. The minimum Gasteiger partial charge on any atom is -0.497 e. The van der Waals surface area contributed by atoms with Crippen molar-refractivity contribution in [3.8, 4) is 5.75 Å². The zero-order valence-electron chi connectivity index (χ0n) is 17.9. The number of rotatable bonds is 7. The average Bonchev–Trinajstić information content (AvgIpc) is 3.40. The van der Waals surface area contributed by atoms with Gasteiger partial charge in [-0.2, -0.15) is 10.2 Å². The van der Waals surface area contributed by atoms with Crippen molar-refractivity contribution in [1.29, 1.82) is 0 Å². The van der Waals surface area contributed by atoms with Crippen LogP contribution in [0, 0.1) is 0 Å². The molecule has 1 aliphatic heterocycles. The van der Waals surface area contributed by atoms with Gasteiger partial charge in [0.1, 0.15) is 17.5 Å². The number of hydrogen-bond acceptors (Lipinski definition) is 7. The number of fused-ring (bicyclic) bond motifs is 3. The molecule has 33 heavy (non-hydrogen) atoms. The Morgan fingerprint density at radius 3 is 2.61 bits per heavy atom. The van der Waals surface area contributed by atoms with Crippen LogP contribution in [0.3, 0.4) is 0 Å². The third-order valence-corrected chi connectivity index (χ3v) is 5.66. The van der Waals surface area contributed by atoms with Gasteiger partial charge >= 0.3 is 0 Å². The number of aromatic nitrogens is 1. The van der Waals surface area contributed by atoms with Crippen molar-refractivity contribution in [3.63, 3.8) is 0 Å². The molecular formula is C25H21N5O3. The van der Waals surface area contributed by atoms with Gasteiger partial charge in [-0.15, -0.1) is 0 Å². The second-order valence-electron chi connectivity index (χ2n) is 7.67. The van der Waals surface area contributed by atoms with E-state index in [9.17, 15) is 9.59 Å². The summed E-state index contributed by atoms with van der Waals surface area (Å²) in [4.78, 5) is 29.9. The number of hydrogen-bond donors (Lipinski definition) is 2. The summed E-state index contributed by atoms with van der Waals surface area (Å²) in [6, 6.07) is 16.0. The predicted octanol–water partition coefficient (Wildman–Crippen LogP) is 4.65. The number of benzene rings is 2. The minimum atomic E-state index is -0.449. The summed E-state index contributed by atoms with van der Waals surface area (Å²) in [5.41, 5.74) is 4.53. The van der Waals surface area contributed by atoms with Gasteiger partial charge in [-0.25, -0.2) is 0 Å². The standard InChI is InChI=1S/C25H21N5O3/c1-33-17-7-5-15(6-8-17)23-22-24(30-29-23)18-3-2-4-19(21(18)25(22)32)28-20(31)11-14-27-16-9-12-26-13-10-16/h2-10,12-13,24H,11,14H2,1H3,(H,26,27)(H,28,31). The zero-order chi connectivity index (χ0) is 22.8. The predicted molar refractivity (Wildman–Crippen MR) is 124 cm³/mol. The fourth-order valence-corrected chi connectivity index (χ4v) is 4.06. The lowest BCUT2D eigenvalue weighted by molar-refractivity contribution is -0.115. The summed E-state index contributed by atoms with van der Waals surface area (Å²) in [5, 5.41) is 14.7. The van der Waals surface area contributed by atoms with Crippen LogP contribution in [0.4, 0.5) is 11.4 Å². The van der Waals surface area contributed by atoms with E-state index < -0.39 is 6.04 Å². The Morgan fingerprint density at radius 2 is 1.85 bits per heavy atom. The summed E-state index contributed by atoms with van der Waals surface area (Å²) < 4.78 is 5.21. The number of ether oxygens (including phenoxy) is 1. The number of nitrogens with one attached hydrogen (secondary N) is 2. The molecule has 2 N–H and O–H groups in total. The number of azo groups is 1.